The average molecular weight is 437 g/mol. The van der Waals surface area contributed by atoms with Gasteiger partial charge in [-0.2, -0.15) is 0 Å². The highest BCUT2D eigenvalue weighted by molar-refractivity contribution is 7.90. The monoisotopic (exact) mass is 436 g/mol. The Kier molecular flexibility index (Phi) is 6.94. The van der Waals surface area contributed by atoms with Crippen LogP contribution in [0.3, 0.4) is 0 Å². The lowest BCUT2D eigenvalue weighted by atomic mass is 9.92. The summed E-state index contributed by atoms with van der Waals surface area (Å²) in [7, 11) is -4.18. The highest BCUT2D eigenvalue weighted by atomic mass is 32.2. The number of aliphatic hydroxyl groups is 1. The van der Waals surface area contributed by atoms with Gasteiger partial charge in [-0.05, 0) is 66.6 Å². The molecule has 0 aliphatic rings. The number of anilines is 1. The molecule has 6 nitrogen and oxygen atoms in total. The van der Waals surface area contributed by atoms with Crippen LogP contribution in [0, 0.1) is 5.82 Å². The molecule has 2 rings (SSSR count). The lowest BCUT2D eigenvalue weighted by Crippen LogP contribution is -2.35. The molecule has 3 N–H and O–H groups in total. The fourth-order valence-electron chi connectivity index (χ4n) is 3.07. The van der Waals surface area contributed by atoms with Crippen LogP contribution in [0.25, 0.3) is 0 Å². The summed E-state index contributed by atoms with van der Waals surface area (Å²) < 4.78 is 41.4. The lowest BCUT2D eigenvalue weighted by molar-refractivity contribution is 0.0784. The maximum atomic E-state index is 14.0. The molecule has 0 unspecified atom stereocenters. The molecular formula is C22H29FN2O4S. The van der Waals surface area contributed by atoms with E-state index >= 15 is 0 Å². The largest absolute Gasteiger partial charge is 0.386 e. The average Bonchev–Trinajstić information content (AvgIpc) is 2.61. The molecule has 2 amide bonds. The zero-order valence-electron chi connectivity index (χ0n) is 18.1. The van der Waals surface area contributed by atoms with E-state index in [0.29, 0.717) is 22.4 Å². The first-order valence-electron chi connectivity index (χ1n) is 9.72. The van der Waals surface area contributed by atoms with E-state index in [1.54, 1.807) is 6.07 Å². The highest BCUT2D eigenvalue weighted by Gasteiger charge is 2.24. The highest BCUT2D eigenvalue weighted by Crippen LogP contribution is 2.33. The zero-order valence-corrected chi connectivity index (χ0v) is 18.9. The van der Waals surface area contributed by atoms with Crippen molar-refractivity contribution in [3.05, 3.63) is 58.9 Å². The number of halogens is 1. The van der Waals surface area contributed by atoms with E-state index < -0.39 is 27.5 Å². The van der Waals surface area contributed by atoms with Crippen molar-refractivity contribution in [3.63, 3.8) is 0 Å². The molecule has 0 saturated carbocycles. The second-order valence-corrected chi connectivity index (χ2v) is 10.1. The Bertz CT molecular complexity index is 1010. The molecular weight excluding hydrogens is 407 g/mol. The number of carbonyl (C=O) groups excluding carboxylic acids is 1. The van der Waals surface area contributed by atoms with Crippen molar-refractivity contribution in [2.45, 2.75) is 63.9 Å². The first-order chi connectivity index (χ1) is 13.7. The van der Waals surface area contributed by atoms with Gasteiger partial charge >= 0.3 is 6.03 Å². The summed E-state index contributed by atoms with van der Waals surface area (Å²) in [6.45, 7) is 10.5. The molecule has 0 radical (unpaired) electrons. The molecule has 0 saturated heterocycles. The van der Waals surface area contributed by atoms with E-state index in [1.807, 2.05) is 32.4 Å². The van der Waals surface area contributed by atoms with Gasteiger partial charge in [-0.25, -0.2) is 22.3 Å². The van der Waals surface area contributed by atoms with Crippen LogP contribution < -0.4 is 10.0 Å². The van der Waals surface area contributed by atoms with E-state index in [9.17, 15) is 22.7 Å². The first-order valence-corrected chi connectivity index (χ1v) is 11.2. The number of carbonyl (C=O) groups is 1. The van der Waals surface area contributed by atoms with Crippen molar-refractivity contribution in [3.8, 4) is 0 Å². The molecule has 0 atom stereocenters. The Labute approximate surface area is 177 Å². The van der Waals surface area contributed by atoms with Crippen LogP contribution >= 0.6 is 0 Å². The summed E-state index contributed by atoms with van der Waals surface area (Å²) in [5.74, 6) is -0.591. The van der Waals surface area contributed by atoms with Gasteiger partial charge in [-0.1, -0.05) is 39.8 Å². The van der Waals surface area contributed by atoms with E-state index in [4.69, 9.17) is 0 Å². The third kappa shape index (κ3) is 5.58. The number of hydrogen-bond donors (Lipinski definition) is 3. The van der Waals surface area contributed by atoms with E-state index in [0.717, 1.165) is 0 Å². The Morgan fingerprint density at radius 3 is 2.03 bits per heavy atom. The van der Waals surface area contributed by atoms with E-state index in [1.165, 1.54) is 44.2 Å². The van der Waals surface area contributed by atoms with Crippen molar-refractivity contribution in [1.29, 1.82) is 0 Å². The number of nitrogens with one attached hydrogen (secondary N) is 2. The van der Waals surface area contributed by atoms with Gasteiger partial charge in [0.25, 0.3) is 10.0 Å². The van der Waals surface area contributed by atoms with Crippen molar-refractivity contribution in [2.24, 2.45) is 0 Å². The molecule has 0 fully saturated rings. The quantitative estimate of drug-likeness (QED) is 0.605. The number of hydrogen-bond acceptors (Lipinski definition) is 4. The van der Waals surface area contributed by atoms with Gasteiger partial charge in [0.1, 0.15) is 5.82 Å². The van der Waals surface area contributed by atoms with Crippen LogP contribution in [0.2, 0.25) is 0 Å². The Balaban J connectivity index is 2.36. The molecule has 8 heteroatoms. The van der Waals surface area contributed by atoms with Gasteiger partial charge in [0.2, 0.25) is 0 Å². The van der Waals surface area contributed by atoms with Crippen LogP contribution in [-0.4, -0.2) is 19.6 Å². The third-order valence-electron chi connectivity index (χ3n) is 4.72. The SMILES string of the molecule is CC(C)c1cc(F)cc(C(C)C)c1NC(=O)NS(=O)(=O)c1cccc(C(C)(C)O)c1. The summed E-state index contributed by atoms with van der Waals surface area (Å²) in [5, 5.41) is 12.7. The van der Waals surface area contributed by atoms with Crippen molar-refractivity contribution < 1.29 is 22.7 Å². The maximum Gasteiger partial charge on any atom is 0.333 e. The fraction of sp³-hybridized carbons (Fsp3) is 0.409. The molecule has 0 aromatic heterocycles. The second-order valence-electron chi connectivity index (χ2n) is 8.42. The fourth-order valence-corrected chi connectivity index (χ4v) is 4.02. The van der Waals surface area contributed by atoms with E-state index in [-0.39, 0.29) is 16.7 Å². The minimum absolute atomic E-state index is 0.0893. The second kappa shape index (κ2) is 8.73. The predicted molar refractivity (Wildman–Crippen MR) is 116 cm³/mol. The molecule has 0 bridgehead atoms. The van der Waals surface area contributed by atoms with Crippen LogP contribution in [0.5, 0.6) is 0 Å². The summed E-state index contributed by atoms with van der Waals surface area (Å²) in [5.41, 5.74) is 0.721. The van der Waals surface area contributed by atoms with Crippen LogP contribution in [-0.2, 0) is 15.6 Å². The minimum atomic E-state index is -4.18. The Morgan fingerprint density at radius 1 is 1.03 bits per heavy atom. The number of urea groups is 1. The summed E-state index contributed by atoms with van der Waals surface area (Å²) >= 11 is 0. The maximum absolute atomic E-state index is 14.0. The number of amides is 2. The van der Waals surface area contributed by atoms with Gasteiger partial charge in [0.15, 0.2) is 0 Å². The van der Waals surface area contributed by atoms with E-state index in [2.05, 4.69) is 5.32 Å². The Morgan fingerprint density at radius 2 is 1.57 bits per heavy atom. The third-order valence-corrected chi connectivity index (χ3v) is 6.05. The van der Waals surface area contributed by atoms with Gasteiger partial charge in [0, 0.05) is 5.69 Å². The number of sulfonamides is 1. The van der Waals surface area contributed by atoms with Gasteiger partial charge in [-0.3, -0.25) is 0 Å². The summed E-state index contributed by atoms with van der Waals surface area (Å²) in [6.07, 6.45) is 0. The standard InChI is InChI=1S/C22H29FN2O4S/c1-13(2)18-11-16(23)12-19(14(3)4)20(18)24-21(26)25-30(28,29)17-9-7-8-15(10-17)22(5,6)27/h7-14,27H,1-6H3,(H2,24,25,26). The molecule has 2 aromatic carbocycles. The summed E-state index contributed by atoms with van der Waals surface area (Å²) in [6, 6.07) is 7.48. The zero-order chi connectivity index (χ0) is 22.9. The van der Waals surface area contributed by atoms with Crippen molar-refractivity contribution in [1.82, 2.24) is 4.72 Å². The molecule has 2 aromatic rings. The molecule has 0 heterocycles. The van der Waals surface area contributed by atoms with Crippen molar-refractivity contribution >= 4 is 21.7 Å². The summed E-state index contributed by atoms with van der Waals surface area (Å²) in [4.78, 5) is 12.4. The molecule has 0 aliphatic carbocycles. The Hall–Kier alpha value is -2.45. The predicted octanol–water partition coefficient (Wildman–Crippen LogP) is 4.81. The van der Waals surface area contributed by atoms with Gasteiger partial charge in [0.05, 0.1) is 10.5 Å². The molecule has 164 valence electrons. The van der Waals surface area contributed by atoms with Crippen LogP contribution in [0.15, 0.2) is 41.3 Å². The van der Waals surface area contributed by atoms with Gasteiger partial charge in [-0.15, -0.1) is 0 Å². The molecule has 0 aliphatic heterocycles. The molecule has 30 heavy (non-hydrogen) atoms. The first kappa shape index (κ1) is 23.8. The van der Waals surface area contributed by atoms with Crippen molar-refractivity contribution in [2.75, 3.05) is 5.32 Å². The minimum Gasteiger partial charge on any atom is -0.386 e. The van der Waals surface area contributed by atoms with Crippen LogP contribution in [0.1, 0.15) is 70.1 Å². The smallest absolute Gasteiger partial charge is 0.333 e. The number of benzene rings is 2. The normalized spacial score (nSPS) is 12.3. The molecule has 0 spiro atoms. The van der Waals surface area contributed by atoms with Crippen LogP contribution in [0.4, 0.5) is 14.9 Å². The topological polar surface area (TPSA) is 95.5 Å². The number of rotatable bonds is 6. The lowest BCUT2D eigenvalue weighted by Gasteiger charge is -2.21. The van der Waals surface area contributed by atoms with Gasteiger partial charge < -0.3 is 10.4 Å².